The number of hydrogen-bond acceptors (Lipinski definition) is 8. The van der Waals surface area contributed by atoms with Crippen LogP contribution in [0.1, 0.15) is 62.5 Å². The second-order valence-electron chi connectivity index (χ2n) is 10.5. The zero-order chi connectivity index (χ0) is 25.9. The smallest absolute Gasteiger partial charge is 0.196 e. The van der Waals surface area contributed by atoms with Crippen molar-refractivity contribution in [1.29, 1.82) is 0 Å². The fourth-order valence-corrected chi connectivity index (χ4v) is 5.05. The van der Waals surface area contributed by atoms with E-state index in [4.69, 9.17) is 9.97 Å². The Hall–Kier alpha value is -2.91. The Morgan fingerprint density at radius 1 is 1.17 bits per heavy atom. The molecule has 3 N–H and O–H groups in total. The van der Waals surface area contributed by atoms with E-state index in [-0.39, 0.29) is 15.5 Å². The van der Waals surface area contributed by atoms with Gasteiger partial charge in [-0.2, -0.15) is 5.10 Å². The van der Waals surface area contributed by atoms with Crippen molar-refractivity contribution >= 4 is 35.0 Å². The fourth-order valence-electron chi connectivity index (χ4n) is 4.29. The lowest BCUT2D eigenvalue weighted by Gasteiger charge is -2.46. The van der Waals surface area contributed by atoms with Crippen molar-refractivity contribution in [2.24, 2.45) is 5.41 Å². The third-order valence-electron chi connectivity index (χ3n) is 6.89. The summed E-state index contributed by atoms with van der Waals surface area (Å²) < 4.78 is 0. The lowest BCUT2D eigenvalue weighted by atomic mass is 9.71. The first-order valence-corrected chi connectivity index (χ1v) is 13.3. The standard InChI is InChI=1S/C27H36N6O2S.3H2/c1-6-20(34)16-19-7-9-21(10-8-19)36-25-29-22(28-23-15-18(2)31-32-23)17-24(30-25)33-13-11-27(35,12-14-33)26(3,4)5;;;/h7-10,15,17,35H,6,11-14,16H2,1-5H3,(H2,28,29,30,31,32);3*1H. The monoisotopic (exact) mass is 514 g/mol. The maximum atomic E-state index is 11.8. The van der Waals surface area contributed by atoms with Gasteiger partial charge < -0.3 is 15.3 Å². The van der Waals surface area contributed by atoms with Crippen molar-refractivity contribution in [2.75, 3.05) is 23.3 Å². The summed E-state index contributed by atoms with van der Waals surface area (Å²) >= 11 is 1.48. The number of aromatic amines is 1. The number of Topliss-reactive ketones (excluding diaryl/α,β-unsaturated/α-hetero) is 1. The Kier molecular flexibility index (Phi) is 7.70. The van der Waals surface area contributed by atoms with Crippen molar-refractivity contribution in [1.82, 2.24) is 20.2 Å². The minimum Gasteiger partial charge on any atom is -0.389 e. The molecule has 3 heterocycles. The van der Waals surface area contributed by atoms with Gasteiger partial charge in [0, 0.05) is 52.9 Å². The number of aliphatic hydroxyl groups is 1. The summed E-state index contributed by atoms with van der Waals surface area (Å²) in [7, 11) is 0. The molecule has 9 heteroatoms. The Bertz CT molecular complexity index is 1210. The fraction of sp³-hybridized carbons (Fsp3) is 0.481. The van der Waals surface area contributed by atoms with Crippen LogP contribution in [0.25, 0.3) is 0 Å². The number of piperidine rings is 1. The number of aromatic nitrogens is 4. The van der Waals surface area contributed by atoms with Gasteiger partial charge in [-0.3, -0.25) is 9.89 Å². The second kappa shape index (κ2) is 10.6. The summed E-state index contributed by atoms with van der Waals surface area (Å²) in [6, 6.07) is 11.9. The molecule has 0 unspecified atom stereocenters. The molecule has 3 aromatic rings. The molecule has 1 aliphatic heterocycles. The van der Waals surface area contributed by atoms with Gasteiger partial charge >= 0.3 is 0 Å². The molecular formula is C27H42N6O2S. The first-order valence-electron chi connectivity index (χ1n) is 12.5. The van der Waals surface area contributed by atoms with Gasteiger partial charge in [-0.05, 0) is 54.6 Å². The van der Waals surface area contributed by atoms with Crippen LogP contribution in [-0.4, -0.2) is 49.7 Å². The third-order valence-corrected chi connectivity index (χ3v) is 7.77. The van der Waals surface area contributed by atoms with Crippen LogP contribution in [0.3, 0.4) is 0 Å². The molecule has 0 spiro atoms. The van der Waals surface area contributed by atoms with Crippen LogP contribution in [0.5, 0.6) is 0 Å². The van der Waals surface area contributed by atoms with Crippen molar-refractivity contribution in [3.05, 3.63) is 47.7 Å². The summed E-state index contributed by atoms with van der Waals surface area (Å²) in [4.78, 5) is 24.6. The Morgan fingerprint density at radius 2 is 1.86 bits per heavy atom. The first-order chi connectivity index (χ1) is 17.0. The number of benzene rings is 1. The average molecular weight is 515 g/mol. The van der Waals surface area contributed by atoms with Crippen molar-refractivity contribution < 1.29 is 14.2 Å². The zero-order valence-electron chi connectivity index (χ0n) is 21.8. The van der Waals surface area contributed by atoms with E-state index >= 15 is 0 Å². The number of rotatable bonds is 8. The van der Waals surface area contributed by atoms with Crippen LogP contribution in [-0.2, 0) is 11.2 Å². The van der Waals surface area contributed by atoms with Crippen molar-refractivity contribution in [2.45, 2.75) is 76.0 Å². The predicted octanol–water partition coefficient (Wildman–Crippen LogP) is 6.04. The summed E-state index contributed by atoms with van der Waals surface area (Å²) in [5.41, 5.74) is 1.10. The van der Waals surface area contributed by atoms with Crippen molar-refractivity contribution in [3.63, 3.8) is 0 Å². The molecule has 0 bridgehead atoms. The number of nitrogens with one attached hydrogen (secondary N) is 2. The van der Waals surface area contributed by atoms with Gasteiger partial charge in [0.1, 0.15) is 17.4 Å². The molecule has 1 aromatic carbocycles. The van der Waals surface area contributed by atoms with E-state index < -0.39 is 5.60 Å². The number of carbonyl (C=O) groups excluding carboxylic acids is 1. The minimum absolute atomic E-state index is 0. The number of anilines is 3. The number of carbonyl (C=O) groups is 1. The van der Waals surface area contributed by atoms with E-state index in [9.17, 15) is 9.90 Å². The molecule has 2 aromatic heterocycles. The first kappa shape index (κ1) is 26.2. The molecule has 36 heavy (non-hydrogen) atoms. The molecule has 0 saturated carbocycles. The van der Waals surface area contributed by atoms with E-state index in [2.05, 4.69) is 41.2 Å². The summed E-state index contributed by atoms with van der Waals surface area (Å²) in [5, 5.41) is 22.3. The molecule has 4 rings (SSSR count). The van der Waals surface area contributed by atoms with Gasteiger partial charge in [0.05, 0.1) is 5.60 Å². The quantitative estimate of drug-likeness (QED) is 0.312. The Labute approximate surface area is 221 Å². The van der Waals surface area contributed by atoms with Crippen LogP contribution in [0.2, 0.25) is 0 Å². The highest BCUT2D eigenvalue weighted by molar-refractivity contribution is 7.99. The maximum absolute atomic E-state index is 11.8. The highest BCUT2D eigenvalue weighted by Gasteiger charge is 2.42. The van der Waals surface area contributed by atoms with Crippen LogP contribution < -0.4 is 10.2 Å². The predicted molar refractivity (Wildman–Crippen MR) is 150 cm³/mol. The van der Waals surface area contributed by atoms with Crippen LogP contribution in [0.4, 0.5) is 17.5 Å². The molecular weight excluding hydrogens is 472 g/mol. The topological polar surface area (TPSA) is 107 Å². The Morgan fingerprint density at radius 3 is 2.44 bits per heavy atom. The van der Waals surface area contributed by atoms with E-state index in [1.54, 1.807) is 0 Å². The maximum Gasteiger partial charge on any atom is 0.196 e. The van der Waals surface area contributed by atoms with Gasteiger partial charge in [-0.15, -0.1) is 0 Å². The summed E-state index contributed by atoms with van der Waals surface area (Å²) in [5.74, 6) is 2.41. The van der Waals surface area contributed by atoms with Crippen LogP contribution in [0.15, 0.2) is 46.5 Å². The molecule has 0 aliphatic carbocycles. The van der Waals surface area contributed by atoms with E-state index in [0.717, 1.165) is 35.1 Å². The molecule has 1 fully saturated rings. The van der Waals surface area contributed by atoms with Gasteiger partial charge in [-0.1, -0.05) is 39.8 Å². The molecule has 8 nitrogen and oxygen atoms in total. The highest BCUT2D eigenvalue weighted by Crippen LogP contribution is 2.40. The van der Waals surface area contributed by atoms with E-state index in [1.807, 2.05) is 50.2 Å². The normalized spacial score (nSPS) is 15.7. The summed E-state index contributed by atoms with van der Waals surface area (Å²) in [6.45, 7) is 11.6. The Balaban J connectivity index is 0.00000253. The number of hydrogen-bond donors (Lipinski definition) is 3. The zero-order valence-corrected chi connectivity index (χ0v) is 22.6. The lowest BCUT2D eigenvalue weighted by Crippen LogP contribution is -2.52. The molecule has 1 aliphatic rings. The molecule has 0 amide bonds. The van der Waals surface area contributed by atoms with E-state index in [1.165, 1.54) is 11.8 Å². The molecule has 0 atom stereocenters. The molecule has 1 saturated heterocycles. The lowest BCUT2D eigenvalue weighted by molar-refractivity contribution is -0.118. The number of nitrogens with zero attached hydrogens (tertiary/aromatic N) is 4. The van der Waals surface area contributed by atoms with Crippen LogP contribution in [0, 0.1) is 12.3 Å². The second-order valence-corrected chi connectivity index (χ2v) is 11.6. The largest absolute Gasteiger partial charge is 0.389 e. The molecule has 0 radical (unpaired) electrons. The van der Waals surface area contributed by atoms with E-state index in [0.29, 0.717) is 42.5 Å². The minimum atomic E-state index is -0.692. The highest BCUT2D eigenvalue weighted by atomic mass is 32.2. The summed E-state index contributed by atoms with van der Waals surface area (Å²) in [6.07, 6.45) is 2.37. The molecule has 198 valence electrons. The van der Waals surface area contributed by atoms with Gasteiger partial charge in [0.15, 0.2) is 11.0 Å². The number of aryl methyl sites for hydroxylation is 1. The number of H-pyrrole nitrogens is 1. The SMILES string of the molecule is CCC(=O)Cc1ccc(Sc2nc(Nc3cc(C)[nH]n3)cc(N3CCC(O)(C(C)(C)C)CC3)n2)cc1.[HH].[HH].[HH]. The average Bonchev–Trinajstić information content (AvgIpc) is 3.24. The van der Waals surface area contributed by atoms with Gasteiger partial charge in [0.2, 0.25) is 0 Å². The van der Waals surface area contributed by atoms with Gasteiger partial charge in [-0.25, -0.2) is 9.97 Å². The van der Waals surface area contributed by atoms with Crippen molar-refractivity contribution in [3.8, 4) is 0 Å². The van der Waals surface area contributed by atoms with Crippen LogP contribution >= 0.6 is 11.8 Å². The van der Waals surface area contributed by atoms with Gasteiger partial charge in [0.25, 0.3) is 0 Å². The third kappa shape index (κ3) is 6.25. The number of ketones is 1.